The van der Waals surface area contributed by atoms with Crippen molar-refractivity contribution >= 4 is 29.1 Å². The molecule has 0 spiro atoms. The van der Waals surface area contributed by atoms with Crippen molar-refractivity contribution in [3.8, 4) is 11.3 Å². The predicted molar refractivity (Wildman–Crippen MR) is 138 cm³/mol. The minimum absolute atomic E-state index is 0.179. The van der Waals surface area contributed by atoms with Crippen LogP contribution in [0.4, 0.5) is 11.4 Å². The zero-order chi connectivity index (χ0) is 25.1. The van der Waals surface area contributed by atoms with Gasteiger partial charge in [0.05, 0.1) is 0 Å². The number of carbonyl (C=O) groups excluding carboxylic acids is 3. The third kappa shape index (κ3) is 5.23. The molecule has 36 heavy (non-hydrogen) atoms. The zero-order valence-electron chi connectivity index (χ0n) is 19.8. The van der Waals surface area contributed by atoms with Crippen LogP contribution in [0.5, 0.6) is 0 Å². The molecule has 8 heteroatoms. The summed E-state index contributed by atoms with van der Waals surface area (Å²) in [6, 6.07) is 17.5. The number of benzene rings is 2. The number of hydrogen-bond acceptors (Lipinski definition) is 5. The number of fused-ring (bicyclic) bond motifs is 3. The van der Waals surface area contributed by atoms with Gasteiger partial charge in [0.2, 0.25) is 5.91 Å². The quantitative estimate of drug-likeness (QED) is 0.437. The first-order valence-corrected chi connectivity index (χ1v) is 12.1. The summed E-state index contributed by atoms with van der Waals surface area (Å²) < 4.78 is 5.84. The van der Waals surface area contributed by atoms with Gasteiger partial charge in [-0.3, -0.25) is 14.4 Å². The Labute approximate surface area is 209 Å². The molecule has 3 N–H and O–H groups in total. The van der Waals surface area contributed by atoms with Gasteiger partial charge >= 0.3 is 0 Å². The number of piperidine rings is 3. The molecule has 1 atom stereocenters. The predicted octanol–water partition coefficient (Wildman–Crippen LogP) is 4.15. The van der Waals surface area contributed by atoms with Gasteiger partial charge in [-0.15, -0.1) is 0 Å². The summed E-state index contributed by atoms with van der Waals surface area (Å²) in [7, 11) is 0. The van der Waals surface area contributed by atoms with Crippen molar-refractivity contribution in [2.75, 3.05) is 30.3 Å². The van der Waals surface area contributed by atoms with E-state index in [2.05, 4.69) is 27.4 Å². The molecule has 2 bridgehead atoms. The minimum atomic E-state index is -0.314. The summed E-state index contributed by atoms with van der Waals surface area (Å²) >= 11 is 0. The summed E-state index contributed by atoms with van der Waals surface area (Å²) in [5, 5.41) is 8.64. The molecular formula is C28H28N4O4. The fourth-order valence-corrected chi connectivity index (χ4v) is 4.80. The van der Waals surface area contributed by atoms with Crippen LogP contribution in [-0.4, -0.2) is 48.3 Å². The van der Waals surface area contributed by atoms with Gasteiger partial charge < -0.3 is 25.3 Å². The summed E-state index contributed by atoms with van der Waals surface area (Å²) in [5.74, 6) is 0.668. The normalized spacial score (nSPS) is 20.4. The van der Waals surface area contributed by atoms with Crippen molar-refractivity contribution < 1.29 is 18.8 Å². The molecule has 4 heterocycles. The fourth-order valence-electron chi connectivity index (χ4n) is 4.80. The van der Waals surface area contributed by atoms with Gasteiger partial charge in [-0.05, 0) is 98.6 Å². The lowest BCUT2D eigenvalue weighted by molar-refractivity contribution is -0.111. The second-order valence-electron chi connectivity index (χ2n) is 9.18. The highest BCUT2D eigenvalue weighted by Crippen LogP contribution is 2.28. The lowest BCUT2D eigenvalue weighted by Crippen LogP contribution is -2.57. The molecular weight excluding hydrogens is 456 g/mol. The molecule has 3 amide bonds. The molecule has 0 aliphatic carbocycles. The van der Waals surface area contributed by atoms with Crippen molar-refractivity contribution in [2.24, 2.45) is 5.92 Å². The van der Waals surface area contributed by atoms with E-state index in [0.717, 1.165) is 38.0 Å². The van der Waals surface area contributed by atoms with E-state index in [1.54, 1.807) is 48.5 Å². The molecule has 0 saturated carbocycles. The molecule has 3 aliphatic heterocycles. The first kappa shape index (κ1) is 23.6. The van der Waals surface area contributed by atoms with Crippen LogP contribution in [0.2, 0.25) is 0 Å². The largest absolute Gasteiger partial charge is 0.451 e. The van der Waals surface area contributed by atoms with Crippen molar-refractivity contribution in [1.82, 2.24) is 10.2 Å². The van der Waals surface area contributed by atoms with E-state index in [1.807, 2.05) is 12.1 Å². The van der Waals surface area contributed by atoms with Crippen LogP contribution < -0.4 is 16.0 Å². The van der Waals surface area contributed by atoms with Crippen LogP contribution in [0.3, 0.4) is 0 Å². The second-order valence-corrected chi connectivity index (χ2v) is 9.18. The zero-order valence-corrected chi connectivity index (χ0v) is 19.8. The van der Waals surface area contributed by atoms with Crippen LogP contribution >= 0.6 is 0 Å². The van der Waals surface area contributed by atoms with Crippen LogP contribution in [-0.2, 0) is 4.79 Å². The molecule has 184 valence electrons. The Bertz CT molecular complexity index is 1270. The first-order valence-electron chi connectivity index (χ1n) is 12.1. The Kier molecular flexibility index (Phi) is 6.69. The lowest BCUT2D eigenvalue weighted by atomic mass is 9.84. The molecule has 1 aromatic heterocycles. The molecule has 3 fully saturated rings. The van der Waals surface area contributed by atoms with Crippen molar-refractivity contribution in [1.29, 1.82) is 0 Å². The topological polar surface area (TPSA) is 104 Å². The Morgan fingerprint density at radius 3 is 2.17 bits per heavy atom. The minimum Gasteiger partial charge on any atom is -0.451 e. The maximum atomic E-state index is 12.7. The van der Waals surface area contributed by atoms with E-state index in [0.29, 0.717) is 34.4 Å². The summed E-state index contributed by atoms with van der Waals surface area (Å²) in [5.41, 5.74) is 2.47. The Hall–Kier alpha value is -4.17. The molecule has 3 saturated heterocycles. The average molecular weight is 485 g/mol. The van der Waals surface area contributed by atoms with Gasteiger partial charge in [0.25, 0.3) is 11.8 Å². The van der Waals surface area contributed by atoms with Crippen molar-refractivity contribution in [3.63, 3.8) is 0 Å². The van der Waals surface area contributed by atoms with Crippen LogP contribution in [0.1, 0.15) is 33.8 Å². The SMILES string of the molecule is C=CC(=O)Nc1ccc(C(=O)Nc2ccc(-c3ccc(C(=O)NC4CN5CCC4CC5)o3)cc2)cc1. The Balaban J connectivity index is 1.18. The number of rotatable bonds is 7. The summed E-state index contributed by atoms with van der Waals surface area (Å²) in [6.45, 7) is 6.57. The molecule has 3 aliphatic rings. The number of amides is 3. The van der Waals surface area contributed by atoms with Gasteiger partial charge in [0.15, 0.2) is 5.76 Å². The van der Waals surface area contributed by atoms with Gasteiger partial charge in [-0.2, -0.15) is 0 Å². The molecule has 0 radical (unpaired) electrons. The third-order valence-corrected chi connectivity index (χ3v) is 6.83. The van der Waals surface area contributed by atoms with E-state index in [-0.39, 0.29) is 23.8 Å². The van der Waals surface area contributed by atoms with Gasteiger partial charge in [0, 0.05) is 35.1 Å². The average Bonchev–Trinajstić information content (AvgIpc) is 3.41. The number of anilines is 2. The fraction of sp³-hybridized carbons (Fsp3) is 0.250. The van der Waals surface area contributed by atoms with E-state index in [9.17, 15) is 14.4 Å². The summed E-state index contributed by atoms with van der Waals surface area (Å²) in [6.07, 6.45) is 3.45. The van der Waals surface area contributed by atoms with E-state index >= 15 is 0 Å². The molecule has 3 aromatic rings. The van der Waals surface area contributed by atoms with Gasteiger partial charge in [-0.25, -0.2) is 0 Å². The smallest absolute Gasteiger partial charge is 0.287 e. The number of nitrogens with one attached hydrogen (secondary N) is 3. The number of hydrogen-bond donors (Lipinski definition) is 3. The maximum Gasteiger partial charge on any atom is 0.287 e. The highest BCUT2D eigenvalue weighted by Gasteiger charge is 2.35. The second kappa shape index (κ2) is 10.2. The standard InChI is InChI=1S/C28H28N4O4/c1-2-26(33)29-21-9-5-20(6-10-21)27(34)30-22-7-3-19(4-8-22)24-11-12-25(36-24)28(35)31-23-17-32-15-13-18(23)14-16-32/h2-12,18,23H,1,13-17H2,(H,29,33)(H,30,34)(H,31,35). The lowest BCUT2D eigenvalue weighted by Gasteiger charge is -2.44. The van der Waals surface area contributed by atoms with E-state index in [1.165, 1.54) is 6.08 Å². The highest BCUT2D eigenvalue weighted by molar-refractivity contribution is 6.05. The van der Waals surface area contributed by atoms with Gasteiger partial charge in [-0.1, -0.05) is 6.58 Å². The first-order chi connectivity index (χ1) is 17.5. The van der Waals surface area contributed by atoms with Crippen molar-refractivity contribution in [2.45, 2.75) is 18.9 Å². The Morgan fingerprint density at radius 2 is 1.53 bits per heavy atom. The Morgan fingerprint density at radius 1 is 0.861 bits per heavy atom. The van der Waals surface area contributed by atoms with Crippen LogP contribution in [0.15, 0.2) is 77.7 Å². The number of furan rings is 1. The van der Waals surface area contributed by atoms with E-state index < -0.39 is 0 Å². The van der Waals surface area contributed by atoms with Crippen LogP contribution in [0, 0.1) is 5.92 Å². The molecule has 8 nitrogen and oxygen atoms in total. The van der Waals surface area contributed by atoms with Crippen LogP contribution in [0.25, 0.3) is 11.3 Å². The summed E-state index contributed by atoms with van der Waals surface area (Å²) in [4.78, 5) is 39.1. The number of nitrogens with zero attached hydrogens (tertiary/aromatic N) is 1. The molecule has 6 rings (SSSR count). The molecule has 1 unspecified atom stereocenters. The number of carbonyl (C=O) groups is 3. The highest BCUT2D eigenvalue weighted by atomic mass is 16.3. The third-order valence-electron chi connectivity index (χ3n) is 6.83. The van der Waals surface area contributed by atoms with Gasteiger partial charge in [0.1, 0.15) is 5.76 Å². The van der Waals surface area contributed by atoms with E-state index in [4.69, 9.17) is 4.42 Å². The molecule has 2 aromatic carbocycles. The monoisotopic (exact) mass is 484 g/mol. The van der Waals surface area contributed by atoms with Crippen molar-refractivity contribution in [3.05, 3.63) is 84.6 Å². The maximum absolute atomic E-state index is 12.7.